The molecule has 0 saturated heterocycles. The number of carbonyl (C=O) groups excluding carboxylic acids is 1. The number of aliphatic hydroxyl groups is 1. The van der Waals surface area contributed by atoms with E-state index < -0.39 is 5.60 Å². The lowest BCUT2D eigenvalue weighted by Crippen LogP contribution is -2.56. The third-order valence-electron chi connectivity index (χ3n) is 11.6. The minimum atomic E-state index is -0.884. The summed E-state index contributed by atoms with van der Waals surface area (Å²) in [6.45, 7) is 6.79. The van der Waals surface area contributed by atoms with E-state index in [4.69, 9.17) is 0 Å². The molecule has 4 aliphatic rings. The van der Waals surface area contributed by atoms with E-state index in [0.29, 0.717) is 23.0 Å². The molecule has 0 spiro atoms. The summed E-state index contributed by atoms with van der Waals surface area (Å²) in [4.78, 5) is 12.4. The number of fused-ring (bicyclic) bond motifs is 5. The van der Waals surface area contributed by atoms with Crippen molar-refractivity contribution in [1.82, 2.24) is 0 Å². The lowest BCUT2D eigenvalue weighted by Gasteiger charge is -2.61. The molecule has 0 heterocycles. The lowest BCUT2D eigenvalue weighted by molar-refractivity contribution is -0.144. The first kappa shape index (κ1) is 24.9. The number of hydrogen-bond donors (Lipinski definition) is 1. The first-order chi connectivity index (χ1) is 17.7. The zero-order valence-electron chi connectivity index (χ0n) is 22.8. The number of Topliss-reactive ketones (excluding diaryl/α,β-unsaturated/α-hetero) is 1. The molecule has 8 atom stereocenters. The van der Waals surface area contributed by atoms with Crippen molar-refractivity contribution in [2.45, 2.75) is 84.2 Å². The van der Waals surface area contributed by atoms with Crippen LogP contribution < -0.4 is 0 Å². The van der Waals surface area contributed by atoms with Gasteiger partial charge in [0.25, 0.3) is 0 Å². The highest BCUT2D eigenvalue weighted by atomic mass is 16.3. The fourth-order valence-corrected chi connectivity index (χ4v) is 9.59. The summed E-state index contributed by atoms with van der Waals surface area (Å²) in [7, 11) is 0. The Morgan fingerprint density at radius 1 is 0.811 bits per heavy atom. The maximum Gasteiger partial charge on any atom is 0.133 e. The van der Waals surface area contributed by atoms with Gasteiger partial charge in [0.05, 0.1) is 0 Å². The van der Waals surface area contributed by atoms with Gasteiger partial charge in [-0.25, -0.2) is 0 Å². The largest absolute Gasteiger partial charge is 0.378 e. The molecule has 0 amide bonds. The van der Waals surface area contributed by atoms with Gasteiger partial charge < -0.3 is 5.11 Å². The van der Waals surface area contributed by atoms with Crippen LogP contribution in [0, 0.1) is 52.3 Å². The summed E-state index contributed by atoms with van der Waals surface area (Å²) in [6, 6.07) is 18.8. The molecule has 4 fully saturated rings. The second kappa shape index (κ2) is 9.13. The number of ketones is 1. The van der Waals surface area contributed by atoms with E-state index in [1.165, 1.54) is 43.2 Å². The third kappa shape index (κ3) is 4.19. The van der Waals surface area contributed by atoms with Gasteiger partial charge in [-0.2, -0.15) is 0 Å². The first-order valence-corrected chi connectivity index (χ1v) is 14.6. The molecule has 2 nitrogen and oxygen atoms in total. The van der Waals surface area contributed by atoms with Gasteiger partial charge in [-0.05, 0) is 122 Å². The fourth-order valence-electron chi connectivity index (χ4n) is 9.59. The van der Waals surface area contributed by atoms with Crippen molar-refractivity contribution in [2.24, 2.45) is 40.4 Å². The maximum absolute atomic E-state index is 12.4. The zero-order valence-corrected chi connectivity index (χ0v) is 22.8. The van der Waals surface area contributed by atoms with Crippen molar-refractivity contribution in [2.75, 3.05) is 0 Å². The van der Waals surface area contributed by atoms with E-state index >= 15 is 0 Å². The van der Waals surface area contributed by atoms with Crippen LogP contribution in [0.5, 0.6) is 0 Å². The molecular weight excluding hydrogens is 452 g/mol. The van der Waals surface area contributed by atoms with Crippen LogP contribution >= 0.6 is 0 Å². The van der Waals surface area contributed by atoms with Crippen LogP contribution in [0.3, 0.4) is 0 Å². The summed E-state index contributed by atoms with van der Waals surface area (Å²) in [5.74, 6) is 10.1. The van der Waals surface area contributed by atoms with Crippen molar-refractivity contribution in [3.8, 4) is 23.0 Å². The quantitative estimate of drug-likeness (QED) is 0.435. The topological polar surface area (TPSA) is 37.3 Å². The maximum atomic E-state index is 12.4. The molecule has 2 aromatic carbocycles. The van der Waals surface area contributed by atoms with Crippen molar-refractivity contribution in [1.29, 1.82) is 0 Å². The van der Waals surface area contributed by atoms with Crippen molar-refractivity contribution < 1.29 is 9.90 Å². The summed E-state index contributed by atoms with van der Waals surface area (Å²) < 4.78 is 0. The normalized spacial score (nSPS) is 40.5. The van der Waals surface area contributed by atoms with E-state index in [0.717, 1.165) is 43.1 Å². The smallest absolute Gasteiger partial charge is 0.133 e. The average Bonchev–Trinajstić information content (AvgIpc) is 3.27. The van der Waals surface area contributed by atoms with Gasteiger partial charge in [0.2, 0.25) is 0 Å². The van der Waals surface area contributed by atoms with Gasteiger partial charge in [-0.3, -0.25) is 4.79 Å². The molecule has 6 rings (SSSR count). The number of carbonyl (C=O) groups is 1. The zero-order chi connectivity index (χ0) is 25.8. The standard InChI is InChI=1S/C35H42O2/c1-24(36)30-15-16-31-29-14-13-28-23-35(37,22-21-33(28,2)32(29)18-19-34(30,31)3)20-17-25-9-11-27(12-10-25)26-7-5-4-6-8-26/h4-12,28-32,37H,13-16,18-19,21-23H2,1-3H3/t28-,29+,30-,31+,32+,33+,34-,35-/m1/s1. The third-order valence-corrected chi connectivity index (χ3v) is 11.6. The number of rotatable bonds is 2. The minimum Gasteiger partial charge on any atom is -0.378 e. The molecule has 0 unspecified atom stereocenters. The van der Waals surface area contributed by atoms with Crippen molar-refractivity contribution in [3.05, 3.63) is 60.2 Å². The summed E-state index contributed by atoms with van der Waals surface area (Å²) in [6.07, 6.45) is 9.90. The summed E-state index contributed by atoms with van der Waals surface area (Å²) in [5, 5.41) is 11.6. The van der Waals surface area contributed by atoms with Gasteiger partial charge >= 0.3 is 0 Å². The van der Waals surface area contributed by atoms with Crippen LogP contribution in [-0.2, 0) is 4.79 Å². The molecular formula is C35H42O2. The fraction of sp³-hybridized carbons (Fsp3) is 0.571. The Morgan fingerprint density at radius 2 is 1.51 bits per heavy atom. The van der Waals surface area contributed by atoms with Crippen LogP contribution in [0.15, 0.2) is 54.6 Å². The average molecular weight is 495 g/mol. The lowest BCUT2D eigenvalue weighted by atomic mass is 9.44. The Kier molecular flexibility index (Phi) is 6.15. The van der Waals surface area contributed by atoms with Crippen LogP contribution in [-0.4, -0.2) is 16.5 Å². The molecule has 194 valence electrons. The van der Waals surface area contributed by atoms with E-state index in [1.54, 1.807) is 0 Å². The second-order valence-electron chi connectivity index (χ2n) is 13.4. The Bertz CT molecular complexity index is 1220. The van der Waals surface area contributed by atoms with Crippen molar-refractivity contribution in [3.63, 3.8) is 0 Å². The van der Waals surface area contributed by atoms with E-state index in [2.05, 4.69) is 74.2 Å². The van der Waals surface area contributed by atoms with Crippen LogP contribution in [0.1, 0.15) is 84.1 Å². The Morgan fingerprint density at radius 3 is 2.24 bits per heavy atom. The molecule has 2 heteroatoms. The number of hydrogen-bond acceptors (Lipinski definition) is 2. The van der Waals surface area contributed by atoms with Crippen LogP contribution in [0.25, 0.3) is 11.1 Å². The van der Waals surface area contributed by atoms with Crippen LogP contribution in [0.4, 0.5) is 0 Å². The Balaban J connectivity index is 1.16. The number of benzene rings is 2. The van der Waals surface area contributed by atoms with Gasteiger partial charge in [0.1, 0.15) is 11.4 Å². The van der Waals surface area contributed by atoms with Gasteiger partial charge in [0.15, 0.2) is 0 Å². The highest BCUT2D eigenvalue weighted by molar-refractivity contribution is 5.79. The SMILES string of the molecule is CC(=O)[C@H]1CC[C@H]2[C@@H]3CC[C@@H]4C[C@@](O)(C#Cc5ccc(-c6ccccc6)cc5)CC[C@]4(C)[C@H]3CC[C@]12C. The van der Waals surface area contributed by atoms with Gasteiger partial charge in [-0.1, -0.05) is 68.2 Å². The van der Waals surface area contributed by atoms with Gasteiger partial charge in [-0.15, -0.1) is 0 Å². The molecule has 1 N–H and O–H groups in total. The first-order valence-electron chi connectivity index (χ1n) is 14.6. The van der Waals surface area contributed by atoms with E-state index in [1.807, 2.05) is 13.0 Å². The Hall–Kier alpha value is -2.37. The monoisotopic (exact) mass is 494 g/mol. The molecule has 0 aliphatic heterocycles. The molecule has 4 aliphatic carbocycles. The summed E-state index contributed by atoms with van der Waals surface area (Å²) >= 11 is 0. The molecule has 37 heavy (non-hydrogen) atoms. The second-order valence-corrected chi connectivity index (χ2v) is 13.4. The molecule has 2 aromatic rings. The van der Waals surface area contributed by atoms with Crippen LogP contribution in [0.2, 0.25) is 0 Å². The highest BCUT2D eigenvalue weighted by Crippen LogP contribution is 2.68. The van der Waals surface area contributed by atoms with E-state index in [9.17, 15) is 9.90 Å². The minimum absolute atomic E-state index is 0.215. The molecule has 0 bridgehead atoms. The Labute approximate surface area is 223 Å². The summed E-state index contributed by atoms with van der Waals surface area (Å²) in [5.41, 5.74) is 3.00. The van der Waals surface area contributed by atoms with E-state index in [-0.39, 0.29) is 11.3 Å². The van der Waals surface area contributed by atoms with Crippen molar-refractivity contribution >= 4 is 5.78 Å². The molecule has 0 radical (unpaired) electrons. The van der Waals surface area contributed by atoms with Gasteiger partial charge in [0, 0.05) is 11.5 Å². The molecule has 0 aromatic heterocycles. The predicted molar refractivity (Wildman–Crippen MR) is 150 cm³/mol. The molecule has 4 saturated carbocycles. The highest BCUT2D eigenvalue weighted by Gasteiger charge is 2.61. The predicted octanol–water partition coefficient (Wildman–Crippen LogP) is 7.68.